The third-order valence-electron chi connectivity index (χ3n) is 2.10. The van der Waals surface area contributed by atoms with E-state index in [0.29, 0.717) is 5.92 Å². The maximum Gasteiger partial charge on any atom is 0.190 e. The Morgan fingerprint density at radius 3 is 2.87 bits per heavy atom. The smallest absolute Gasteiger partial charge is 0.190 e. The van der Waals surface area contributed by atoms with E-state index in [1.807, 2.05) is 13.2 Å². The fourth-order valence-corrected chi connectivity index (χ4v) is 2.04. The van der Waals surface area contributed by atoms with Crippen LogP contribution in [0.25, 0.3) is 0 Å². The van der Waals surface area contributed by atoms with Crippen molar-refractivity contribution in [1.29, 1.82) is 0 Å². The first-order valence-corrected chi connectivity index (χ1v) is 5.79. The van der Waals surface area contributed by atoms with Crippen molar-refractivity contribution in [1.82, 2.24) is 15.6 Å². The fourth-order valence-electron chi connectivity index (χ4n) is 1.22. The predicted molar refractivity (Wildman–Crippen MR) is 65.7 cm³/mol. The van der Waals surface area contributed by atoms with Gasteiger partial charge in [0, 0.05) is 37.6 Å². The lowest BCUT2D eigenvalue weighted by molar-refractivity contribution is 0.703. The van der Waals surface area contributed by atoms with Gasteiger partial charge in [-0.05, 0) is 6.92 Å². The number of thiazole rings is 1. The standard InChI is InChI=1S/C10H18N4S/c1-7(5-14-10(11-3)12-4)9-13-6-8(2)15-9/h6-7H,5H2,1-4H3,(H2,11,12,14). The molecule has 2 N–H and O–H groups in total. The third-order valence-corrected chi connectivity index (χ3v) is 3.24. The number of nitrogens with zero attached hydrogens (tertiary/aromatic N) is 2. The second kappa shape index (κ2) is 5.70. The van der Waals surface area contributed by atoms with Crippen LogP contribution in [0.15, 0.2) is 11.2 Å². The number of hydrogen-bond donors (Lipinski definition) is 2. The third kappa shape index (κ3) is 3.51. The fraction of sp³-hybridized carbons (Fsp3) is 0.600. The summed E-state index contributed by atoms with van der Waals surface area (Å²) in [6.07, 6.45) is 1.92. The Bertz CT molecular complexity index is 332. The van der Waals surface area contributed by atoms with E-state index >= 15 is 0 Å². The molecule has 4 nitrogen and oxygen atoms in total. The zero-order chi connectivity index (χ0) is 11.3. The van der Waals surface area contributed by atoms with Gasteiger partial charge in [0.25, 0.3) is 0 Å². The summed E-state index contributed by atoms with van der Waals surface area (Å²) < 4.78 is 0. The maximum absolute atomic E-state index is 4.36. The highest BCUT2D eigenvalue weighted by molar-refractivity contribution is 7.11. The Morgan fingerprint density at radius 1 is 1.67 bits per heavy atom. The average Bonchev–Trinajstić information content (AvgIpc) is 2.66. The van der Waals surface area contributed by atoms with Crippen molar-refractivity contribution < 1.29 is 0 Å². The topological polar surface area (TPSA) is 49.3 Å². The Morgan fingerprint density at radius 2 is 2.40 bits per heavy atom. The maximum atomic E-state index is 4.36. The zero-order valence-electron chi connectivity index (χ0n) is 9.66. The molecule has 0 spiro atoms. The Balaban J connectivity index is 2.46. The summed E-state index contributed by atoms with van der Waals surface area (Å²) in [6, 6.07) is 0. The molecular weight excluding hydrogens is 208 g/mol. The lowest BCUT2D eigenvalue weighted by Crippen LogP contribution is -2.36. The second-order valence-electron chi connectivity index (χ2n) is 3.41. The van der Waals surface area contributed by atoms with E-state index in [2.05, 4.69) is 34.5 Å². The molecule has 15 heavy (non-hydrogen) atoms. The van der Waals surface area contributed by atoms with E-state index in [1.54, 1.807) is 18.4 Å². The molecule has 0 saturated carbocycles. The van der Waals surface area contributed by atoms with Crippen molar-refractivity contribution >= 4 is 17.3 Å². The van der Waals surface area contributed by atoms with Crippen LogP contribution in [0.4, 0.5) is 0 Å². The molecule has 0 amide bonds. The van der Waals surface area contributed by atoms with E-state index in [9.17, 15) is 0 Å². The van der Waals surface area contributed by atoms with Gasteiger partial charge in [-0.25, -0.2) is 4.98 Å². The number of aromatic nitrogens is 1. The summed E-state index contributed by atoms with van der Waals surface area (Å²) in [7, 11) is 3.62. The number of hydrogen-bond acceptors (Lipinski definition) is 3. The first kappa shape index (κ1) is 12.0. The van der Waals surface area contributed by atoms with Crippen LogP contribution < -0.4 is 10.6 Å². The van der Waals surface area contributed by atoms with Crippen molar-refractivity contribution in [2.45, 2.75) is 19.8 Å². The van der Waals surface area contributed by atoms with E-state index in [4.69, 9.17) is 0 Å². The van der Waals surface area contributed by atoms with E-state index in [0.717, 1.165) is 12.5 Å². The number of rotatable bonds is 3. The van der Waals surface area contributed by atoms with Crippen LogP contribution >= 0.6 is 11.3 Å². The molecule has 1 heterocycles. The quantitative estimate of drug-likeness (QED) is 0.604. The predicted octanol–water partition coefficient (Wildman–Crippen LogP) is 1.35. The monoisotopic (exact) mass is 226 g/mol. The molecule has 84 valence electrons. The van der Waals surface area contributed by atoms with Crippen LogP contribution in [-0.4, -0.2) is 31.6 Å². The molecule has 1 unspecified atom stereocenters. The highest BCUT2D eigenvalue weighted by atomic mass is 32.1. The Kier molecular flexibility index (Phi) is 4.55. The summed E-state index contributed by atoms with van der Waals surface area (Å²) in [6.45, 7) is 5.09. The van der Waals surface area contributed by atoms with Crippen LogP contribution in [0.3, 0.4) is 0 Å². The van der Waals surface area contributed by atoms with E-state index < -0.39 is 0 Å². The minimum atomic E-state index is 0.411. The average molecular weight is 226 g/mol. The summed E-state index contributed by atoms with van der Waals surface area (Å²) >= 11 is 1.75. The lowest BCUT2D eigenvalue weighted by atomic mass is 10.2. The van der Waals surface area contributed by atoms with Gasteiger partial charge in [0.05, 0.1) is 5.01 Å². The molecule has 1 rings (SSSR count). The van der Waals surface area contributed by atoms with E-state index in [1.165, 1.54) is 9.88 Å². The molecule has 0 radical (unpaired) electrons. The van der Waals surface area contributed by atoms with Gasteiger partial charge in [0.2, 0.25) is 0 Å². The molecule has 0 aliphatic heterocycles. The van der Waals surface area contributed by atoms with Gasteiger partial charge < -0.3 is 10.6 Å². The number of guanidine groups is 1. The molecule has 0 bridgehead atoms. The van der Waals surface area contributed by atoms with E-state index in [-0.39, 0.29) is 0 Å². The van der Waals surface area contributed by atoms with Crippen molar-refractivity contribution in [2.75, 3.05) is 20.6 Å². The van der Waals surface area contributed by atoms with Crippen LogP contribution in [0.5, 0.6) is 0 Å². The summed E-state index contributed by atoms with van der Waals surface area (Å²) in [5.74, 6) is 1.23. The second-order valence-corrected chi connectivity index (χ2v) is 4.68. The molecule has 0 saturated heterocycles. The van der Waals surface area contributed by atoms with Crippen molar-refractivity contribution in [3.63, 3.8) is 0 Å². The first-order chi connectivity index (χ1) is 7.17. The molecule has 1 atom stereocenters. The van der Waals surface area contributed by atoms with Gasteiger partial charge in [-0.2, -0.15) is 0 Å². The molecule has 1 aromatic heterocycles. The largest absolute Gasteiger partial charge is 0.359 e. The minimum Gasteiger partial charge on any atom is -0.359 e. The Labute approximate surface area is 94.8 Å². The first-order valence-electron chi connectivity index (χ1n) is 4.98. The highest BCUT2D eigenvalue weighted by Gasteiger charge is 2.09. The van der Waals surface area contributed by atoms with Crippen molar-refractivity contribution in [3.05, 3.63) is 16.1 Å². The Hall–Kier alpha value is -1.10. The van der Waals surface area contributed by atoms with Gasteiger partial charge in [-0.3, -0.25) is 4.99 Å². The SMILES string of the molecule is CN=C(NC)NCC(C)c1ncc(C)s1. The minimum absolute atomic E-state index is 0.411. The van der Waals surface area contributed by atoms with Crippen LogP contribution in [-0.2, 0) is 0 Å². The summed E-state index contributed by atoms with van der Waals surface area (Å²) in [5, 5.41) is 7.39. The highest BCUT2D eigenvalue weighted by Crippen LogP contribution is 2.20. The molecule has 1 aromatic rings. The van der Waals surface area contributed by atoms with Gasteiger partial charge in [-0.1, -0.05) is 6.92 Å². The number of aliphatic imine (C=N–C) groups is 1. The van der Waals surface area contributed by atoms with Gasteiger partial charge in [0.15, 0.2) is 5.96 Å². The zero-order valence-corrected chi connectivity index (χ0v) is 10.5. The number of aryl methyl sites for hydroxylation is 1. The lowest BCUT2D eigenvalue weighted by Gasteiger charge is -2.12. The molecule has 0 aliphatic carbocycles. The molecule has 0 aromatic carbocycles. The molecule has 5 heteroatoms. The van der Waals surface area contributed by atoms with Gasteiger partial charge in [-0.15, -0.1) is 11.3 Å². The molecule has 0 aliphatic rings. The van der Waals surface area contributed by atoms with Gasteiger partial charge in [0.1, 0.15) is 0 Å². The normalized spacial score (nSPS) is 13.7. The van der Waals surface area contributed by atoms with Crippen LogP contribution in [0.1, 0.15) is 22.7 Å². The van der Waals surface area contributed by atoms with Crippen LogP contribution in [0, 0.1) is 6.92 Å². The number of nitrogens with one attached hydrogen (secondary N) is 2. The molecule has 0 fully saturated rings. The summed E-state index contributed by atoms with van der Waals surface area (Å²) in [4.78, 5) is 9.68. The summed E-state index contributed by atoms with van der Waals surface area (Å²) in [5.41, 5.74) is 0. The van der Waals surface area contributed by atoms with Crippen molar-refractivity contribution in [2.24, 2.45) is 4.99 Å². The van der Waals surface area contributed by atoms with Crippen molar-refractivity contribution in [3.8, 4) is 0 Å². The van der Waals surface area contributed by atoms with Crippen LogP contribution in [0.2, 0.25) is 0 Å². The van der Waals surface area contributed by atoms with Gasteiger partial charge >= 0.3 is 0 Å². The molecular formula is C10H18N4S.